The maximum Gasteiger partial charge on any atom is 0.261 e. The van der Waals surface area contributed by atoms with Crippen molar-refractivity contribution in [3.05, 3.63) is 48.3 Å². The number of hydrogen-bond acceptors (Lipinski definition) is 5. The molecule has 1 unspecified atom stereocenters. The molecule has 1 amide bonds. The number of anilines is 2. The maximum atomic E-state index is 13.1. The molecule has 1 atom stereocenters. The van der Waals surface area contributed by atoms with Crippen molar-refractivity contribution in [1.29, 1.82) is 0 Å². The highest BCUT2D eigenvalue weighted by Gasteiger charge is 2.27. The van der Waals surface area contributed by atoms with Crippen LogP contribution in [0.25, 0.3) is 11.0 Å². The number of benzene rings is 2. The monoisotopic (exact) mass is 484 g/mol. The van der Waals surface area contributed by atoms with Crippen molar-refractivity contribution in [2.24, 2.45) is 5.92 Å². The first-order chi connectivity index (χ1) is 16.0. The molecule has 4 rings (SSSR count). The number of carbonyl (C=O) groups is 1. The van der Waals surface area contributed by atoms with Crippen LogP contribution in [0.15, 0.2) is 47.4 Å². The van der Waals surface area contributed by atoms with Gasteiger partial charge in [-0.05, 0) is 49.2 Å². The van der Waals surface area contributed by atoms with E-state index < -0.39 is 10.0 Å². The van der Waals surface area contributed by atoms with Gasteiger partial charge in [-0.15, -0.1) is 0 Å². The van der Waals surface area contributed by atoms with Gasteiger partial charge in [0.05, 0.1) is 22.7 Å². The van der Waals surface area contributed by atoms with Crippen molar-refractivity contribution < 1.29 is 17.9 Å². The summed E-state index contributed by atoms with van der Waals surface area (Å²) in [4.78, 5) is 16.3. The Bertz CT molecular complexity index is 1280. The fourth-order valence-electron chi connectivity index (χ4n) is 4.32. The first-order valence-corrected chi connectivity index (χ1v) is 13.0. The topological polar surface area (TPSA) is 102 Å². The molecule has 0 spiro atoms. The van der Waals surface area contributed by atoms with E-state index in [1.807, 2.05) is 12.1 Å². The highest BCUT2D eigenvalue weighted by atomic mass is 32.2. The molecule has 9 heteroatoms. The number of nitrogens with zero attached hydrogens (tertiary/aromatic N) is 2. The maximum absolute atomic E-state index is 13.1. The molecule has 2 heterocycles. The van der Waals surface area contributed by atoms with Crippen molar-refractivity contribution in [2.45, 2.75) is 57.4 Å². The molecular formula is C25H32N4O4S. The van der Waals surface area contributed by atoms with Crippen LogP contribution in [0, 0.1) is 5.92 Å². The molecule has 0 aliphatic carbocycles. The molecule has 0 saturated carbocycles. The van der Waals surface area contributed by atoms with Gasteiger partial charge in [-0.2, -0.15) is 0 Å². The summed E-state index contributed by atoms with van der Waals surface area (Å²) in [5.41, 5.74) is 2.28. The lowest BCUT2D eigenvalue weighted by atomic mass is 9.95. The van der Waals surface area contributed by atoms with Gasteiger partial charge >= 0.3 is 0 Å². The first-order valence-electron chi connectivity index (χ1n) is 11.5. The van der Waals surface area contributed by atoms with E-state index in [0.29, 0.717) is 22.8 Å². The van der Waals surface area contributed by atoms with Crippen molar-refractivity contribution >= 4 is 38.3 Å². The molecule has 1 fully saturated rings. The summed E-state index contributed by atoms with van der Waals surface area (Å²) >= 11 is 0. The molecule has 0 bridgehead atoms. The van der Waals surface area contributed by atoms with E-state index in [9.17, 15) is 13.2 Å². The zero-order valence-corrected chi connectivity index (χ0v) is 20.9. The van der Waals surface area contributed by atoms with Crippen LogP contribution in [0.3, 0.4) is 0 Å². The summed E-state index contributed by atoms with van der Waals surface area (Å²) in [7, 11) is -3.85. The number of aromatic nitrogens is 2. The van der Waals surface area contributed by atoms with E-state index in [1.165, 1.54) is 19.1 Å². The van der Waals surface area contributed by atoms with Crippen LogP contribution in [0.4, 0.5) is 11.4 Å². The summed E-state index contributed by atoms with van der Waals surface area (Å²) < 4.78 is 36.9. The molecule has 1 aliphatic rings. The Morgan fingerprint density at radius 3 is 2.53 bits per heavy atom. The van der Waals surface area contributed by atoms with Gasteiger partial charge in [0.1, 0.15) is 11.3 Å². The summed E-state index contributed by atoms with van der Waals surface area (Å²) in [6.45, 7) is 10.1. The molecule has 2 N–H and O–H groups in total. The Balaban J connectivity index is 1.69. The Morgan fingerprint density at radius 1 is 1.18 bits per heavy atom. The second-order valence-electron chi connectivity index (χ2n) is 9.86. The van der Waals surface area contributed by atoms with Crippen LogP contribution in [0.2, 0.25) is 0 Å². The molecular weight excluding hydrogens is 452 g/mol. The standard InChI is InChI=1S/C25H32N4O4S/c1-17(30)26-19-10-12-20(13-11-19)34(31,32)28-21-8-5-9-22-23(21)27-24(25(2,3)4)29(22)15-18-7-6-14-33-16-18/h5,8-13,18,28H,6-7,14-16H2,1-4H3,(H,26,30). The number of hydrogen-bond donors (Lipinski definition) is 2. The van der Waals surface area contributed by atoms with Gasteiger partial charge in [-0.1, -0.05) is 26.8 Å². The number of sulfonamides is 1. The number of carbonyl (C=O) groups excluding carboxylic acids is 1. The molecule has 182 valence electrons. The fourth-order valence-corrected chi connectivity index (χ4v) is 5.39. The minimum Gasteiger partial charge on any atom is -0.381 e. The van der Waals surface area contributed by atoms with E-state index in [-0.39, 0.29) is 16.2 Å². The van der Waals surface area contributed by atoms with Gasteiger partial charge in [0.2, 0.25) is 5.91 Å². The average molecular weight is 485 g/mol. The molecule has 1 aromatic heterocycles. The third-order valence-electron chi connectivity index (χ3n) is 5.87. The third kappa shape index (κ3) is 5.26. The molecule has 1 saturated heterocycles. The Kier molecular flexibility index (Phi) is 6.69. The average Bonchev–Trinajstić information content (AvgIpc) is 3.14. The van der Waals surface area contributed by atoms with Crippen LogP contribution >= 0.6 is 0 Å². The Labute approximate surface area is 200 Å². The van der Waals surface area contributed by atoms with Crippen molar-refractivity contribution in [1.82, 2.24) is 9.55 Å². The zero-order valence-electron chi connectivity index (χ0n) is 20.1. The molecule has 2 aromatic carbocycles. The van der Waals surface area contributed by atoms with Crippen molar-refractivity contribution in [2.75, 3.05) is 23.3 Å². The van der Waals surface area contributed by atoms with Crippen LogP contribution in [-0.2, 0) is 31.5 Å². The second-order valence-corrected chi connectivity index (χ2v) is 11.5. The fraction of sp³-hybridized carbons (Fsp3) is 0.440. The SMILES string of the molecule is CC(=O)Nc1ccc(S(=O)(=O)Nc2cccc3c2nc(C(C)(C)C)n3CC2CCCOC2)cc1. The molecule has 34 heavy (non-hydrogen) atoms. The third-order valence-corrected chi connectivity index (χ3v) is 7.26. The second kappa shape index (κ2) is 9.38. The molecule has 1 aliphatic heterocycles. The minimum absolute atomic E-state index is 0.105. The van der Waals surface area contributed by atoms with Crippen LogP contribution in [-0.4, -0.2) is 37.1 Å². The van der Waals surface area contributed by atoms with Crippen LogP contribution < -0.4 is 10.0 Å². The van der Waals surface area contributed by atoms with Crippen LogP contribution in [0.1, 0.15) is 46.4 Å². The predicted octanol–water partition coefficient (Wildman–Crippen LogP) is 4.52. The number of nitrogens with one attached hydrogen (secondary N) is 2. The summed E-state index contributed by atoms with van der Waals surface area (Å²) in [6.07, 6.45) is 2.15. The number of imidazole rings is 1. The van der Waals surface area contributed by atoms with E-state index in [2.05, 4.69) is 35.4 Å². The van der Waals surface area contributed by atoms with E-state index in [1.54, 1.807) is 18.2 Å². The van der Waals surface area contributed by atoms with Crippen molar-refractivity contribution in [3.63, 3.8) is 0 Å². The number of amides is 1. The number of ether oxygens (including phenoxy) is 1. The van der Waals surface area contributed by atoms with E-state index in [4.69, 9.17) is 9.72 Å². The number of rotatable bonds is 6. The van der Waals surface area contributed by atoms with Gasteiger partial charge in [-0.3, -0.25) is 9.52 Å². The Morgan fingerprint density at radius 2 is 1.91 bits per heavy atom. The normalized spacial score (nSPS) is 17.0. The largest absolute Gasteiger partial charge is 0.381 e. The lowest BCUT2D eigenvalue weighted by Gasteiger charge is -2.26. The van der Waals surface area contributed by atoms with E-state index >= 15 is 0 Å². The predicted molar refractivity (Wildman–Crippen MR) is 134 cm³/mol. The summed E-state index contributed by atoms with van der Waals surface area (Å²) in [5, 5.41) is 2.64. The van der Waals surface area contributed by atoms with Gasteiger partial charge in [0.25, 0.3) is 10.0 Å². The molecule has 3 aromatic rings. The van der Waals surface area contributed by atoms with Gasteiger partial charge < -0.3 is 14.6 Å². The van der Waals surface area contributed by atoms with Gasteiger partial charge in [-0.25, -0.2) is 13.4 Å². The number of fused-ring (bicyclic) bond motifs is 1. The minimum atomic E-state index is -3.85. The number of para-hydroxylation sites is 1. The Hall–Kier alpha value is -2.91. The highest BCUT2D eigenvalue weighted by Crippen LogP contribution is 2.33. The zero-order chi connectivity index (χ0) is 24.5. The molecule has 8 nitrogen and oxygen atoms in total. The van der Waals surface area contributed by atoms with Gasteiger partial charge in [0.15, 0.2) is 0 Å². The van der Waals surface area contributed by atoms with Crippen LogP contribution in [0.5, 0.6) is 0 Å². The highest BCUT2D eigenvalue weighted by molar-refractivity contribution is 7.92. The molecule has 0 radical (unpaired) electrons. The first kappa shape index (κ1) is 24.2. The quantitative estimate of drug-likeness (QED) is 0.536. The summed E-state index contributed by atoms with van der Waals surface area (Å²) in [5.74, 6) is 1.10. The lowest BCUT2D eigenvalue weighted by molar-refractivity contribution is -0.114. The summed E-state index contributed by atoms with van der Waals surface area (Å²) in [6, 6.07) is 11.6. The van der Waals surface area contributed by atoms with E-state index in [0.717, 1.165) is 43.9 Å². The smallest absolute Gasteiger partial charge is 0.261 e. The van der Waals surface area contributed by atoms with Gasteiger partial charge in [0, 0.05) is 37.1 Å². The van der Waals surface area contributed by atoms with Crippen molar-refractivity contribution in [3.8, 4) is 0 Å². The lowest BCUT2D eigenvalue weighted by Crippen LogP contribution is -2.26.